The number of allylic oxidation sites excluding steroid dienone is 2. The highest BCUT2D eigenvalue weighted by Crippen LogP contribution is 2.46. The van der Waals surface area contributed by atoms with Crippen molar-refractivity contribution < 1.29 is 36.9 Å². The van der Waals surface area contributed by atoms with Gasteiger partial charge in [-0.1, -0.05) is 45.9 Å². The molecule has 3 aliphatic rings. The number of unbranched alkanes of at least 4 members (excludes halogenated alkanes) is 2. The third-order valence-electron chi connectivity index (χ3n) is 8.91. The number of ether oxygens (including phenoxy) is 1. The highest BCUT2D eigenvalue weighted by atomic mass is 32.2. The van der Waals surface area contributed by atoms with E-state index in [0.717, 1.165) is 16.4 Å². The predicted molar refractivity (Wildman–Crippen MR) is 190 cm³/mol. The van der Waals surface area contributed by atoms with Crippen LogP contribution in [0.4, 0.5) is 5.69 Å². The van der Waals surface area contributed by atoms with E-state index in [1.165, 1.54) is 0 Å². The lowest BCUT2D eigenvalue weighted by Crippen LogP contribution is -2.46. The lowest BCUT2D eigenvalue weighted by Gasteiger charge is -2.44. The average molecular weight is 702 g/mol. The number of carbonyl (C=O) groups excluding carboxylic acids is 3. The molecule has 264 valence electrons. The van der Waals surface area contributed by atoms with E-state index >= 15 is 0 Å². The molecule has 5 rings (SSSR count). The number of rotatable bonds is 10. The molecule has 3 aliphatic heterocycles. The van der Waals surface area contributed by atoms with Crippen LogP contribution in [0.25, 0.3) is 23.3 Å². The smallest absolute Gasteiger partial charge is 0.333 e. The van der Waals surface area contributed by atoms with E-state index in [2.05, 4.69) is 44.4 Å². The van der Waals surface area contributed by atoms with Gasteiger partial charge in [-0.2, -0.15) is 13.7 Å². The number of carbonyl (C=O) groups is 3. The molecule has 2 aromatic rings. The van der Waals surface area contributed by atoms with Crippen LogP contribution in [0.5, 0.6) is 11.5 Å². The van der Waals surface area contributed by atoms with E-state index in [4.69, 9.17) is 9.57 Å². The molecule has 1 N–H and O–H groups in total. The first-order chi connectivity index (χ1) is 23.3. The summed E-state index contributed by atoms with van der Waals surface area (Å²) in [6.45, 7) is 17.0. The zero-order valence-corrected chi connectivity index (χ0v) is 30.2. The third kappa shape index (κ3) is 7.85. The summed E-state index contributed by atoms with van der Waals surface area (Å²) in [6.07, 6.45) is 5.79. The Kier molecular flexibility index (Phi) is 9.89. The third-order valence-corrected chi connectivity index (χ3v) is 9.58. The number of benzene rings is 2. The van der Waals surface area contributed by atoms with E-state index in [0.29, 0.717) is 75.5 Å². The van der Waals surface area contributed by atoms with Crippen LogP contribution in [0.15, 0.2) is 36.4 Å². The fourth-order valence-corrected chi connectivity index (χ4v) is 7.48. The van der Waals surface area contributed by atoms with Gasteiger partial charge in [0.25, 0.3) is 21.9 Å². The lowest BCUT2D eigenvalue weighted by molar-refractivity contribution is -0.197. The molecule has 0 unspecified atom stereocenters. The minimum atomic E-state index is -4.40. The Labute approximate surface area is 292 Å². The summed E-state index contributed by atoms with van der Waals surface area (Å²) in [5.41, 5.74) is 3.67. The Bertz CT molecular complexity index is 2100. The average Bonchev–Trinajstić information content (AvgIpc) is 3.30. The van der Waals surface area contributed by atoms with E-state index in [1.807, 2.05) is 45.0 Å². The fraction of sp³-hybridized carbons (Fsp3) is 0.421. The predicted octanol–water partition coefficient (Wildman–Crippen LogP) is 5.41. The Balaban J connectivity index is 1.47. The number of fused-ring (bicyclic) bond motifs is 3. The summed E-state index contributed by atoms with van der Waals surface area (Å²) in [6, 6.07) is 9.67. The molecule has 50 heavy (non-hydrogen) atoms. The molecular formula is C38H43N3O8S. The summed E-state index contributed by atoms with van der Waals surface area (Å²) in [5, 5.41) is 12.4. The van der Waals surface area contributed by atoms with Crippen LogP contribution in [-0.4, -0.2) is 53.7 Å². The SMILES string of the molecule is C=c1cc2c(cc1/C(C)=C\C(C)(C)C)=C(C#N)c1cc3c(cc1O2)N(CCCCCC(=O)ON1C(=O)CCC1=O)C(C)(C)C=C3CS(=O)(=O)O. The van der Waals surface area contributed by atoms with Gasteiger partial charge in [0.15, 0.2) is 0 Å². The van der Waals surface area contributed by atoms with Crippen LogP contribution in [0.3, 0.4) is 0 Å². The molecular weight excluding hydrogens is 658 g/mol. The first-order valence-electron chi connectivity index (χ1n) is 16.6. The van der Waals surface area contributed by atoms with E-state index in [-0.39, 0.29) is 24.7 Å². The van der Waals surface area contributed by atoms with Crippen LogP contribution in [-0.2, 0) is 29.3 Å². The van der Waals surface area contributed by atoms with Crippen molar-refractivity contribution in [1.82, 2.24) is 5.06 Å². The maximum atomic E-state index is 12.3. The summed E-state index contributed by atoms with van der Waals surface area (Å²) in [5.74, 6) is -1.38. The maximum absolute atomic E-state index is 12.3. The van der Waals surface area contributed by atoms with E-state index < -0.39 is 39.2 Å². The summed E-state index contributed by atoms with van der Waals surface area (Å²) in [7, 11) is -4.40. The molecule has 1 fully saturated rings. The van der Waals surface area contributed by atoms with Gasteiger partial charge in [-0.3, -0.25) is 14.1 Å². The topological polar surface area (TPSA) is 154 Å². The molecule has 3 heterocycles. The highest BCUT2D eigenvalue weighted by Gasteiger charge is 2.36. The van der Waals surface area contributed by atoms with Crippen molar-refractivity contribution in [2.45, 2.75) is 85.6 Å². The van der Waals surface area contributed by atoms with Crippen LogP contribution >= 0.6 is 0 Å². The quantitative estimate of drug-likeness (QED) is 0.193. The van der Waals surface area contributed by atoms with Gasteiger partial charge < -0.3 is 14.5 Å². The minimum Gasteiger partial charge on any atom is -0.456 e. The Morgan fingerprint density at radius 3 is 2.38 bits per heavy atom. The van der Waals surface area contributed by atoms with Crippen LogP contribution in [0.2, 0.25) is 0 Å². The number of amides is 2. The van der Waals surface area contributed by atoms with Gasteiger partial charge in [0.1, 0.15) is 23.3 Å². The molecule has 2 amide bonds. The summed E-state index contributed by atoms with van der Waals surface area (Å²) < 4.78 is 40.7. The second kappa shape index (κ2) is 13.5. The zero-order chi connectivity index (χ0) is 36.8. The van der Waals surface area contributed by atoms with Crippen molar-refractivity contribution in [3.05, 3.63) is 63.5 Å². The van der Waals surface area contributed by atoms with Crippen molar-refractivity contribution in [1.29, 1.82) is 5.26 Å². The Morgan fingerprint density at radius 1 is 1.08 bits per heavy atom. The van der Waals surface area contributed by atoms with E-state index in [9.17, 15) is 32.6 Å². The number of anilines is 1. The highest BCUT2D eigenvalue weighted by molar-refractivity contribution is 7.86. The molecule has 0 aromatic heterocycles. The second-order valence-corrected chi connectivity index (χ2v) is 16.2. The molecule has 0 saturated carbocycles. The van der Waals surface area contributed by atoms with Gasteiger partial charge in [-0.25, -0.2) is 4.79 Å². The zero-order valence-electron chi connectivity index (χ0n) is 29.4. The molecule has 0 bridgehead atoms. The summed E-state index contributed by atoms with van der Waals surface area (Å²) in [4.78, 5) is 42.9. The molecule has 2 aromatic carbocycles. The number of nitriles is 1. The summed E-state index contributed by atoms with van der Waals surface area (Å²) >= 11 is 0. The first kappa shape index (κ1) is 36.5. The fourth-order valence-electron chi connectivity index (χ4n) is 6.85. The van der Waals surface area contributed by atoms with Gasteiger partial charge in [-0.05, 0) is 79.2 Å². The van der Waals surface area contributed by atoms with Crippen molar-refractivity contribution >= 4 is 56.9 Å². The normalized spacial score (nSPS) is 17.0. The number of hydrogen-bond acceptors (Lipinski definition) is 9. The lowest BCUT2D eigenvalue weighted by atomic mass is 9.85. The Morgan fingerprint density at radius 2 is 1.76 bits per heavy atom. The Hall–Kier alpha value is -4.73. The van der Waals surface area contributed by atoms with Crippen LogP contribution in [0, 0.1) is 16.7 Å². The van der Waals surface area contributed by atoms with Crippen molar-refractivity contribution in [2.24, 2.45) is 5.41 Å². The first-order valence-corrected chi connectivity index (χ1v) is 18.2. The largest absolute Gasteiger partial charge is 0.456 e. The van der Waals surface area contributed by atoms with Crippen molar-refractivity contribution in [3.63, 3.8) is 0 Å². The second-order valence-electron chi connectivity index (χ2n) is 14.7. The monoisotopic (exact) mass is 701 g/mol. The van der Waals surface area contributed by atoms with Crippen LogP contribution in [0.1, 0.15) is 96.8 Å². The molecule has 0 radical (unpaired) electrons. The van der Waals surface area contributed by atoms with Gasteiger partial charge in [0, 0.05) is 53.9 Å². The number of hydrogen-bond donors (Lipinski definition) is 1. The van der Waals surface area contributed by atoms with E-state index in [1.54, 1.807) is 6.07 Å². The standard InChI is InChI=1S/C38H43N3O8S/c1-23-15-32-28(16-26(23)24(2)19-37(3,4)5)30(21-39)29-17-27-25(22-50(45,46)47)20-38(6,7)40(31(27)18-33(29)48-32)14-10-8-9-11-36(44)49-41-34(42)12-13-35(41)43/h15-20H,1,8-14,22H2,2-7H3,(H,45,46,47)/b24-19-. The van der Waals surface area contributed by atoms with Crippen LogP contribution < -0.4 is 20.1 Å². The minimum absolute atomic E-state index is 0.0307. The molecule has 11 nitrogen and oxygen atoms in total. The van der Waals surface area contributed by atoms with Gasteiger partial charge in [0.2, 0.25) is 0 Å². The molecule has 0 aliphatic carbocycles. The molecule has 1 saturated heterocycles. The van der Waals surface area contributed by atoms with Gasteiger partial charge >= 0.3 is 5.97 Å². The maximum Gasteiger partial charge on any atom is 0.333 e. The van der Waals surface area contributed by atoms with Gasteiger partial charge in [0.05, 0.1) is 11.1 Å². The number of nitrogens with zero attached hydrogens (tertiary/aromatic N) is 3. The number of imide groups is 1. The number of hydroxylamine groups is 2. The molecule has 0 atom stereocenters. The van der Waals surface area contributed by atoms with Crippen molar-refractivity contribution in [2.75, 3.05) is 17.2 Å². The van der Waals surface area contributed by atoms with Crippen molar-refractivity contribution in [3.8, 4) is 17.6 Å². The molecule has 12 heteroatoms. The molecule has 0 spiro atoms. The van der Waals surface area contributed by atoms with Gasteiger partial charge in [-0.15, -0.1) is 5.06 Å².